The van der Waals surface area contributed by atoms with Crippen LogP contribution in [0, 0.1) is 6.92 Å². The lowest BCUT2D eigenvalue weighted by Crippen LogP contribution is -2.31. The predicted octanol–water partition coefficient (Wildman–Crippen LogP) is 1.89. The van der Waals surface area contributed by atoms with E-state index >= 15 is 0 Å². The van der Waals surface area contributed by atoms with Gasteiger partial charge in [-0.15, -0.1) is 0 Å². The molecule has 0 bridgehead atoms. The zero-order valence-electron chi connectivity index (χ0n) is 12.8. The van der Waals surface area contributed by atoms with Crippen LogP contribution in [-0.4, -0.2) is 28.0 Å². The summed E-state index contributed by atoms with van der Waals surface area (Å²) in [5.74, 6) is 0.231. The fourth-order valence-electron chi connectivity index (χ4n) is 1.84. The number of aryl methyl sites for hydroxylation is 1. The summed E-state index contributed by atoms with van der Waals surface area (Å²) >= 11 is 0. The number of rotatable bonds is 6. The van der Waals surface area contributed by atoms with Crippen LogP contribution in [0.15, 0.2) is 53.4 Å². The first-order valence-corrected chi connectivity index (χ1v) is 8.30. The van der Waals surface area contributed by atoms with Crippen molar-refractivity contribution in [1.82, 2.24) is 4.72 Å². The van der Waals surface area contributed by atoms with Gasteiger partial charge in [0.15, 0.2) is 0 Å². The van der Waals surface area contributed by atoms with Gasteiger partial charge >= 0.3 is 5.97 Å². The second-order valence-electron chi connectivity index (χ2n) is 4.79. The van der Waals surface area contributed by atoms with Crippen molar-refractivity contribution in [3.8, 4) is 11.5 Å². The number of carbonyl (C=O) groups is 1. The number of sulfonamides is 1. The van der Waals surface area contributed by atoms with Gasteiger partial charge in [-0.3, -0.25) is 4.79 Å². The number of hydrogen-bond acceptors (Lipinski definition) is 5. The van der Waals surface area contributed by atoms with E-state index in [0.717, 1.165) is 5.56 Å². The number of ether oxygens (including phenoxy) is 2. The topological polar surface area (TPSA) is 81.7 Å². The number of benzene rings is 2. The SMILES string of the molecule is COc1ccc(S(=O)(=O)NCC(=O)Oc2cccc(C)c2)cc1. The van der Waals surface area contributed by atoms with Gasteiger partial charge in [0.05, 0.1) is 12.0 Å². The molecule has 2 aromatic rings. The molecule has 0 fully saturated rings. The highest BCUT2D eigenvalue weighted by Crippen LogP contribution is 2.15. The minimum atomic E-state index is -3.79. The number of nitrogens with one attached hydrogen (secondary N) is 1. The third kappa shape index (κ3) is 4.80. The van der Waals surface area contributed by atoms with Crippen molar-refractivity contribution in [3.63, 3.8) is 0 Å². The van der Waals surface area contributed by atoms with Crippen molar-refractivity contribution in [1.29, 1.82) is 0 Å². The zero-order valence-corrected chi connectivity index (χ0v) is 13.6. The molecule has 122 valence electrons. The highest BCUT2D eigenvalue weighted by molar-refractivity contribution is 7.89. The van der Waals surface area contributed by atoms with E-state index < -0.39 is 22.5 Å². The van der Waals surface area contributed by atoms with E-state index in [2.05, 4.69) is 4.72 Å². The van der Waals surface area contributed by atoms with Crippen molar-refractivity contribution in [2.24, 2.45) is 0 Å². The lowest BCUT2D eigenvalue weighted by molar-refractivity contribution is -0.133. The molecule has 2 aromatic carbocycles. The zero-order chi connectivity index (χ0) is 16.9. The minimum absolute atomic E-state index is 0.0432. The van der Waals surface area contributed by atoms with Gasteiger partial charge in [0.2, 0.25) is 10.0 Å². The van der Waals surface area contributed by atoms with Crippen molar-refractivity contribution in [2.75, 3.05) is 13.7 Å². The second-order valence-corrected chi connectivity index (χ2v) is 6.56. The van der Waals surface area contributed by atoms with Crippen molar-refractivity contribution in [2.45, 2.75) is 11.8 Å². The molecule has 0 aromatic heterocycles. The van der Waals surface area contributed by atoms with Crippen LogP contribution in [0.4, 0.5) is 0 Å². The molecule has 2 rings (SSSR count). The Morgan fingerprint density at radius 1 is 1.09 bits per heavy atom. The molecule has 0 heterocycles. The lowest BCUT2D eigenvalue weighted by Gasteiger charge is -2.08. The van der Waals surface area contributed by atoms with Crippen molar-refractivity contribution < 1.29 is 22.7 Å². The van der Waals surface area contributed by atoms with Crippen LogP contribution in [0.25, 0.3) is 0 Å². The van der Waals surface area contributed by atoms with Gasteiger partial charge in [-0.1, -0.05) is 12.1 Å². The molecule has 23 heavy (non-hydrogen) atoms. The maximum Gasteiger partial charge on any atom is 0.326 e. The van der Waals surface area contributed by atoms with Crippen LogP contribution in [0.2, 0.25) is 0 Å². The molecular formula is C16H17NO5S. The quantitative estimate of drug-likeness (QED) is 0.644. The smallest absolute Gasteiger partial charge is 0.326 e. The van der Waals surface area contributed by atoms with E-state index in [4.69, 9.17) is 9.47 Å². The molecule has 0 aliphatic rings. The largest absolute Gasteiger partial charge is 0.497 e. The average molecular weight is 335 g/mol. The van der Waals surface area contributed by atoms with Crippen LogP contribution in [0.5, 0.6) is 11.5 Å². The van der Waals surface area contributed by atoms with Gasteiger partial charge in [-0.2, -0.15) is 4.72 Å². The van der Waals surface area contributed by atoms with Gasteiger partial charge < -0.3 is 9.47 Å². The molecule has 0 saturated carbocycles. The molecule has 0 amide bonds. The van der Waals surface area contributed by atoms with Crippen LogP contribution >= 0.6 is 0 Å². The number of methoxy groups -OCH3 is 1. The normalized spacial score (nSPS) is 11.0. The third-order valence-corrected chi connectivity index (χ3v) is 4.41. The van der Waals surface area contributed by atoms with Crippen LogP contribution in [0.3, 0.4) is 0 Å². The Hall–Kier alpha value is -2.38. The third-order valence-electron chi connectivity index (χ3n) is 3.00. The minimum Gasteiger partial charge on any atom is -0.497 e. The van der Waals surface area contributed by atoms with Gasteiger partial charge in [-0.25, -0.2) is 8.42 Å². The summed E-state index contributed by atoms with van der Waals surface area (Å²) in [6.45, 7) is 1.41. The van der Waals surface area contributed by atoms with Crippen LogP contribution < -0.4 is 14.2 Å². The highest BCUT2D eigenvalue weighted by Gasteiger charge is 2.16. The Labute approximate surface area is 135 Å². The summed E-state index contributed by atoms with van der Waals surface area (Å²) in [6.07, 6.45) is 0. The van der Waals surface area contributed by atoms with E-state index in [1.54, 1.807) is 18.2 Å². The van der Waals surface area contributed by atoms with Crippen molar-refractivity contribution in [3.05, 3.63) is 54.1 Å². The molecule has 0 aliphatic carbocycles. The second kappa shape index (κ2) is 7.26. The summed E-state index contributed by atoms with van der Waals surface area (Å²) < 4.78 is 36.4. The molecule has 6 nitrogen and oxygen atoms in total. The fourth-order valence-corrected chi connectivity index (χ4v) is 2.81. The monoisotopic (exact) mass is 335 g/mol. The Kier molecular flexibility index (Phi) is 5.36. The summed E-state index contributed by atoms with van der Waals surface area (Å²) in [7, 11) is -2.30. The fraction of sp³-hybridized carbons (Fsp3) is 0.188. The average Bonchev–Trinajstić information content (AvgIpc) is 2.53. The molecule has 0 aliphatic heterocycles. The maximum atomic E-state index is 12.1. The molecule has 0 atom stereocenters. The number of hydrogen-bond donors (Lipinski definition) is 1. The molecule has 7 heteroatoms. The first kappa shape index (κ1) is 17.0. The molecular weight excluding hydrogens is 318 g/mol. The van der Waals surface area contributed by atoms with Crippen LogP contribution in [-0.2, 0) is 14.8 Å². The summed E-state index contributed by atoms with van der Waals surface area (Å²) in [6, 6.07) is 12.8. The predicted molar refractivity (Wildman–Crippen MR) is 85.0 cm³/mol. The van der Waals surface area contributed by atoms with Crippen molar-refractivity contribution >= 4 is 16.0 Å². The Balaban J connectivity index is 1.96. The van der Waals surface area contributed by atoms with Gasteiger partial charge in [0.25, 0.3) is 0 Å². The molecule has 0 unspecified atom stereocenters. The molecule has 1 N–H and O–H groups in total. The molecule has 0 spiro atoms. The Morgan fingerprint density at radius 3 is 2.39 bits per heavy atom. The molecule has 0 saturated heterocycles. The van der Waals surface area contributed by atoms with Gasteiger partial charge in [0, 0.05) is 0 Å². The standard InChI is InChI=1S/C16H17NO5S/c1-12-4-3-5-14(10-12)22-16(18)11-17-23(19,20)15-8-6-13(21-2)7-9-15/h3-10,17H,11H2,1-2H3. The van der Waals surface area contributed by atoms with E-state index in [0.29, 0.717) is 11.5 Å². The maximum absolute atomic E-state index is 12.1. The number of carbonyl (C=O) groups excluding carboxylic acids is 1. The van der Waals surface area contributed by atoms with E-state index in [1.165, 1.54) is 31.4 Å². The van der Waals surface area contributed by atoms with Gasteiger partial charge in [0.1, 0.15) is 18.0 Å². The first-order chi connectivity index (χ1) is 10.9. The van der Waals surface area contributed by atoms with Gasteiger partial charge in [-0.05, 0) is 48.9 Å². The number of esters is 1. The van der Waals surface area contributed by atoms with E-state index in [-0.39, 0.29) is 4.90 Å². The Morgan fingerprint density at radius 2 is 1.78 bits per heavy atom. The summed E-state index contributed by atoms with van der Waals surface area (Å²) in [4.78, 5) is 11.8. The highest BCUT2D eigenvalue weighted by atomic mass is 32.2. The Bertz CT molecular complexity index is 784. The lowest BCUT2D eigenvalue weighted by atomic mass is 10.2. The molecule has 0 radical (unpaired) electrons. The summed E-state index contributed by atoms with van der Waals surface area (Å²) in [5, 5.41) is 0. The van der Waals surface area contributed by atoms with E-state index in [1.807, 2.05) is 13.0 Å². The summed E-state index contributed by atoms with van der Waals surface area (Å²) in [5.41, 5.74) is 0.939. The van der Waals surface area contributed by atoms with E-state index in [9.17, 15) is 13.2 Å². The first-order valence-electron chi connectivity index (χ1n) is 6.82. The van der Waals surface area contributed by atoms with Crippen LogP contribution in [0.1, 0.15) is 5.56 Å².